The number of fused-ring (bicyclic) bond motifs is 1. The van der Waals surface area contributed by atoms with Crippen molar-refractivity contribution < 1.29 is 9.13 Å². The quantitative estimate of drug-likeness (QED) is 0.0522. The Bertz CT molecular complexity index is 1600. The maximum absolute atomic E-state index is 15.1. The van der Waals surface area contributed by atoms with Gasteiger partial charge in [0.15, 0.2) is 5.82 Å². The Morgan fingerprint density at radius 3 is 2.67 bits per heavy atom. The topological polar surface area (TPSA) is 136 Å². The van der Waals surface area contributed by atoms with Gasteiger partial charge in [0.25, 0.3) is 0 Å². The van der Waals surface area contributed by atoms with Crippen LogP contribution >= 0.6 is 11.6 Å². The second-order valence-electron chi connectivity index (χ2n) is 10.7. The Labute approximate surface area is 269 Å². The molecule has 0 aliphatic rings. The molecule has 0 aliphatic carbocycles. The molecule has 242 valence electrons. The van der Waals surface area contributed by atoms with E-state index in [4.69, 9.17) is 27.8 Å². The van der Waals surface area contributed by atoms with E-state index >= 15 is 4.39 Å². The van der Waals surface area contributed by atoms with Crippen molar-refractivity contribution in [2.24, 2.45) is 16.5 Å². The predicted molar refractivity (Wildman–Crippen MR) is 184 cm³/mol. The molecule has 1 atom stereocenters. The molecule has 2 aromatic carbocycles. The molecule has 4 aromatic rings. The molecular formula is C34H45ClFN7O2. The summed E-state index contributed by atoms with van der Waals surface area (Å²) in [5, 5.41) is 4.14. The second-order valence-corrected chi connectivity index (χ2v) is 11.1. The summed E-state index contributed by atoms with van der Waals surface area (Å²) >= 11 is 6.24. The number of nitrogens with one attached hydrogen (secondary N) is 2. The summed E-state index contributed by atoms with van der Waals surface area (Å²) in [6.45, 7) is 13.4. The molecule has 0 saturated carbocycles. The lowest BCUT2D eigenvalue weighted by molar-refractivity contribution is 0.155. The SMILES string of the molecule is C=C.CCOCCC(N)=NCCCNCc1ccc(-n2cc3cc(-c4cc(CCCC(C)N)cc(Cl)c4F)[nH]c3nc2=O)cc1. The van der Waals surface area contributed by atoms with Crippen molar-refractivity contribution in [3.63, 3.8) is 0 Å². The lowest BCUT2D eigenvalue weighted by atomic mass is 10.0. The summed E-state index contributed by atoms with van der Waals surface area (Å²) in [5.74, 6) is 0.107. The lowest BCUT2D eigenvalue weighted by Crippen LogP contribution is -2.20. The van der Waals surface area contributed by atoms with Crippen molar-refractivity contribution >= 4 is 28.5 Å². The summed E-state index contributed by atoms with van der Waals surface area (Å²) in [6.07, 6.45) is 5.73. The van der Waals surface area contributed by atoms with Crippen LogP contribution in [0.5, 0.6) is 0 Å². The summed E-state index contributed by atoms with van der Waals surface area (Å²) < 4.78 is 21.8. The number of aliphatic imine (C=N–C) groups is 1. The first-order chi connectivity index (χ1) is 21.7. The van der Waals surface area contributed by atoms with Gasteiger partial charge >= 0.3 is 5.69 Å². The van der Waals surface area contributed by atoms with E-state index in [0.717, 1.165) is 43.4 Å². The molecule has 2 heterocycles. The van der Waals surface area contributed by atoms with E-state index in [1.165, 1.54) is 4.57 Å². The van der Waals surface area contributed by atoms with Gasteiger partial charge in [-0.3, -0.25) is 9.56 Å². The third-order valence-corrected chi connectivity index (χ3v) is 7.36. The van der Waals surface area contributed by atoms with Gasteiger partial charge in [0.2, 0.25) is 0 Å². The van der Waals surface area contributed by atoms with Crippen molar-refractivity contribution in [3.05, 3.63) is 94.3 Å². The third kappa shape index (κ3) is 10.6. The number of nitrogens with zero attached hydrogens (tertiary/aromatic N) is 3. The molecular weight excluding hydrogens is 593 g/mol. The summed E-state index contributed by atoms with van der Waals surface area (Å²) in [4.78, 5) is 24.6. The van der Waals surface area contributed by atoms with Gasteiger partial charge in [-0.25, -0.2) is 9.18 Å². The third-order valence-electron chi connectivity index (χ3n) is 7.09. The Balaban J connectivity index is 0.00000271. The van der Waals surface area contributed by atoms with E-state index in [1.807, 2.05) is 38.1 Å². The number of aryl methyl sites for hydroxylation is 1. The molecule has 0 fully saturated rings. The largest absolute Gasteiger partial charge is 0.387 e. The van der Waals surface area contributed by atoms with Gasteiger partial charge in [-0.1, -0.05) is 23.7 Å². The molecule has 11 heteroatoms. The zero-order valence-corrected chi connectivity index (χ0v) is 27.0. The zero-order valence-electron chi connectivity index (χ0n) is 26.3. The maximum Gasteiger partial charge on any atom is 0.354 e. The van der Waals surface area contributed by atoms with Gasteiger partial charge in [-0.15, -0.1) is 13.2 Å². The van der Waals surface area contributed by atoms with Crippen molar-refractivity contribution in [3.8, 4) is 16.9 Å². The molecule has 0 amide bonds. The minimum absolute atomic E-state index is 0.0561. The first-order valence-corrected chi connectivity index (χ1v) is 15.7. The van der Waals surface area contributed by atoms with Crippen LogP contribution in [0.1, 0.15) is 50.7 Å². The minimum atomic E-state index is -0.516. The fraction of sp³-hybridized carbons (Fsp3) is 0.382. The number of amidine groups is 1. The molecule has 0 bridgehead atoms. The van der Waals surface area contributed by atoms with Gasteiger partial charge in [-0.2, -0.15) is 4.98 Å². The van der Waals surface area contributed by atoms with Crippen LogP contribution in [0.4, 0.5) is 4.39 Å². The normalized spacial score (nSPS) is 12.2. The highest BCUT2D eigenvalue weighted by Crippen LogP contribution is 2.31. The van der Waals surface area contributed by atoms with Gasteiger partial charge in [0, 0.05) is 49.3 Å². The molecule has 6 N–H and O–H groups in total. The zero-order chi connectivity index (χ0) is 32.8. The molecule has 2 aromatic heterocycles. The van der Waals surface area contributed by atoms with Crippen LogP contribution in [-0.4, -0.2) is 52.7 Å². The van der Waals surface area contributed by atoms with Crippen LogP contribution in [0.15, 0.2) is 71.6 Å². The second kappa shape index (κ2) is 18.2. The highest BCUT2D eigenvalue weighted by Gasteiger charge is 2.15. The highest BCUT2D eigenvalue weighted by molar-refractivity contribution is 6.31. The van der Waals surface area contributed by atoms with Crippen LogP contribution in [0.25, 0.3) is 28.0 Å². The molecule has 0 radical (unpaired) electrons. The van der Waals surface area contributed by atoms with Crippen molar-refractivity contribution in [2.75, 3.05) is 26.3 Å². The number of aromatic amines is 1. The van der Waals surface area contributed by atoms with E-state index in [0.29, 0.717) is 66.5 Å². The molecule has 0 saturated heterocycles. The molecule has 0 aliphatic heterocycles. The smallest absolute Gasteiger partial charge is 0.354 e. The number of hydrogen-bond donors (Lipinski definition) is 4. The fourth-order valence-corrected chi connectivity index (χ4v) is 5.01. The standard InChI is InChI=1S/C32H41ClFN7O2.C2H4/c1-3-43-15-12-29(36)38-14-5-13-37-19-22-8-10-25(11-9-22)41-20-24-18-28(39-31(24)40-32(41)42)26-16-23(7-4-6-21(2)35)17-27(33)30(26)34;1-2/h8-11,16-18,20-21,37H,3-7,12-15,19,35H2,1-2H3,(H2,36,38)(H,39,40,42);1-2H2. The van der Waals surface area contributed by atoms with Gasteiger partial charge < -0.3 is 26.5 Å². The highest BCUT2D eigenvalue weighted by atomic mass is 35.5. The van der Waals surface area contributed by atoms with Crippen molar-refractivity contribution in [2.45, 2.75) is 58.5 Å². The van der Waals surface area contributed by atoms with Crippen molar-refractivity contribution in [1.82, 2.24) is 19.9 Å². The Morgan fingerprint density at radius 1 is 1.20 bits per heavy atom. The van der Waals surface area contributed by atoms with E-state index in [1.54, 1.807) is 24.4 Å². The fourth-order valence-electron chi connectivity index (χ4n) is 4.77. The monoisotopic (exact) mass is 637 g/mol. The van der Waals surface area contributed by atoms with Gasteiger partial charge in [0.1, 0.15) is 5.65 Å². The average Bonchev–Trinajstić information content (AvgIpc) is 3.44. The Morgan fingerprint density at radius 2 is 1.96 bits per heavy atom. The van der Waals surface area contributed by atoms with Crippen LogP contribution in [0.2, 0.25) is 5.02 Å². The van der Waals surface area contributed by atoms with E-state index in [9.17, 15) is 4.79 Å². The number of aromatic nitrogens is 3. The van der Waals surface area contributed by atoms with Gasteiger partial charge in [0.05, 0.1) is 28.8 Å². The van der Waals surface area contributed by atoms with Crippen LogP contribution in [-0.2, 0) is 17.7 Å². The van der Waals surface area contributed by atoms with Crippen molar-refractivity contribution in [1.29, 1.82) is 0 Å². The molecule has 9 nitrogen and oxygen atoms in total. The number of rotatable bonds is 16. The summed E-state index contributed by atoms with van der Waals surface area (Å²) in [6, 6.07) is 13.0. The first-order valence-electron chi connectivity index (χ1n) is 15.3. The Hall–Kier alpha value is -3.83. The molecule has 45 heavy (non-hydrogen) atoms. The van der Waals surface area contributed by atoms with E-state index < -0.39 is 11.5 Å². The first kappa shape index (κ1) is 35.6. The molecule has 0 spiro atoms. The maximum atomic E-state index is 15.1. The number of hydrogen-bond acceptors (Lipinski definition) is 6. The molecule has 4 rings (SSSR count). The number of halogens is 2. The Kier molecular flexibility index (Phi) is 14.4. The minimum Gasteiger partial charge on any atom is -0.387 e. The number of ether oxygens (including phenoxy) is 1. The number of H-pyrrole nitrogens is 1. The average molecular weight is 638 g/mol. The van der Waals surface area contributed by atoms with Crippen LogP contribution < -0.4 is 22.5 Å². The van der Waals surface area contributed by atoms with E-state index in [2.05, 4.69) is 33.4 Å². The molecule has 1 unspecified atom stereocenters. The summed E-state index contributed by atoms with van der Waals surface area (Å²) in [7, 11) is 0. The van der Waals surface area contributed by atoms with Gasteiger partial charge in [-0.05, 0) is 87.5 Å². The number of benzene rings is 2. The summed E-state index contributed by atoms with van der Waals surface area (Å²) in [5.41, 5.74) is 15.3. The van der Waals surface area contributed by atoms with Crippen LogP contribution in [0, 0.1) is 5.82 Å². The lowest BCUT2D eigenvalue weighted by Gasteiger charge is -2.09. The van der Waals surface area contributed by atoms with Crippen LogP contribution in [0.3, 0.4) is 0 Å². The number of nitrogens with two attached hydrogens (primary N) is 2. The van der Waals surface area contributed by atoms with E-state index in [-0.39, 0.29) is 11.1 Å². The predicted octanol–water partition coefficient (Wildman–Crippen LogP) is 5.91.